The quantitative estimate of drug-likeness (QED) is 0.821. The zero-order valence-corrected chi connectivity index (χ0v) is 13.4. The molecule has 2 fully saturated rings. The molecule has 2 aliphatic rings. The number of carbonyl (C=O) groups excluding carboxylic acids is 2. The Labute approximate surface area is 127 Å². The van der Waals surface area contributed by atoms with Crippen LogP contribution in [0.5, 0.6) is 0 Å². The van der Waals surface area contributed by atoms with Crippen LogP contribution in [0.3, 0.4) is 0 Å². The Hall–Kier alpha value is -1.10. The maximum Gasteiger partial charge on any atom is 0.245 e. The van der Waals surface area contributed by atoms with E-state index in [1.165, 1.54) is 19.3 Å². The van der Waals surface area contributed by atoms with E-state index in [9.17, 15) is 9.59 Å². The van der Waals surface area contributed by atoms with Crippen molar-refractivity contribution in [1.82, 2.24) is 15.5 Å². The maximum absolute atomic E-state index is 12.9. The van der Waals surface area contributed by atoms with E-state index in [0.29, 0.717) is 18.4 Å². The maximum atomic E-state index is 12.9. The lowest BCUT2D eigenvalue weighted by Gasteiger charge is -2.37. The summed E-state index contributed by atoms with van der Waals surface area (Å²) in [7, 11) is 0. The second-order valence-electron chi connectivity index (χ2n) is 6.44. The van der Waals surface area contributed by atoms with Gasteiger partial charge in [-0.25, -0.2) is 0 Å². The van der Waals surface area contributed by atoms with Gasteiger partial charge in [0.25, 0.3) is 0 Å². The third-order valence-electron chi connectivity index (χ3n) is 4.71. The number of amides is 2. The molecule has 0 aromatic heterocycles. The highest BCUT2D eigenvalue weighted by atomic mass is 16.2. The summed E-state index contributed by atoms with van der Waals surface area (Å²) in [6, 6.07) is 0.0135. The van der Waals surface area contributed by atoms with E-state index < -0.39 is 0 Å². The average Bonchev–Trinajstić information content (AvgIpc) is 2.52. The Bertz CT molecular complexity index is 367. The van der Waals surface area contributed by atoms with Gasteiger partial charge in [0.15, 0.2) is 0 Å². The average molecular weight is 295 g/mol. The molecule has 5 heteroatoms. The molecule has 0 aromatic carbocycles. The van der Waals surface area contributed by atoms with Crippen molar-refractivity contribution in [2.24, 2.45) is 5.92 Å². The lowest BCUT2D eigenvalue weighted by molar-refractivity contribution is -0.139. The van der Waals surface area contributed by atoms with Crippen molar-refractivity contribution >= 4 is 11.8 Å². The first-order chi connectivity index (χ1) is 10.1. The first-order valence-corrected chi connectivity index (χ1v) is 8.43. The highest BCUT2D eigenvalue weighted by molar-refractivity contribution is 5.88. The summed E-state index contributed by atoms with van der Waals surface area (Å²) in [5.74, 6) is 0.422. The molecule has 21 heavy (non-hydrogen) atoms. The summed E-state index contributed by atoms with van der Waals surface area (Å²) < 4.78 is 0. The Morgan fingerprint density at radius 3 is 2.62 bits per heavy atom. The molecule has 0 radical (unpaired) electrons. The zero-order valence-electron chi connectivity index (χ0n) is 13.4. The molecule has 1 saturated carbocycles. The standard InChI is InChI=1S/C16H29N3O2/c1-3-14(20)18-15(13-7-5-4-6-8-13)16(21)19-10-9-17-12(2)11-19/h12-13,15,17H,3-11H2,1-2H3,(H,18,20)/t12-,15-/m0/s1. The smallest absolute Gasteiger partial charge is 0.245 e. The van der Waals surface area contributed by atoms with Crippen molar-refractivity contribution in [3.63, 3.8) is 0 Å². The van der Waals surface area contributed by atoms with E-state index in [1.54, 1.807) is 0 Å². The van der Waals surface area contributed by atoms with Gasteiger partial charge in [-0.05, 0) is 25.7 Å². The van der Waals surface area contributed by atoms with Crippen molar-refractivity contribution in [3.05, 3.63) is 0 Å². The molecule has 1 heterocycles. The van der Waals surface area contributed by atoms with Crippen LogP contribution in [0.4, 0.5) is 0 Å². The summed E-state index contributed by atoms with van der Waals surface area (Å²) in [5, 5.41) is 6.35. The van der Waals surface area contributed by atoms with Crippen LogP contribution in [0.2, 0.25) is 0 Å². The zero-order chi connectivity index (χ0) is 15.2. The summed E-state index contributed by atoms with van der Waals surface area (Å²) in [4.78, 5) is 26.6. The highest BCUT2D eigenvalue weighted by Gasteiger charge is 2.34. The molecule has 0 bridgehead atoms. The van der Waals surface area contributed by atoms with Gasteiger partial charge in [-0.1, -0.05) is 26.2 Å². The molecule has 1 aliphatic heterocycles. The van der Waals surface area contributed by atoms with E-state index in [-0.39, 0.29) is 17.9 Å². The Morgan fingerprint density at radius 2 is 2.00 bits per heavy atom. The fourth-order valence-electron chi connectivity index (χ4n) is 3.45. The van der Waals surface area contributed by atoms with Crippen LogP contribution in [-0.4, -0.2) is 48.4 Å². The van der Waals surface area contributed by atoms with Gasteiger partial charge in [-0.15, -0.1) is 0 Å². The van der Waals surface area contributed by atoms with Crippen molar-refractivity contribution < 1.29 is 9.59 Å². The lowest BCUT2D eigenvalue weighted by Crippen LogP contribution is -2.58. The molecule has 0 unspecified atom stereocenters. The van der Waals surface area contributed by atoms with E-state index >= 15 is 0 Å². The van der Waals surface area contributed by atoms with Crippen molar-refractivity contribution in [2.75, 3.05) is 19.6 Å². The molecule has 0 aromatic rings. The second-order valence-corrected chi connectivity index (χ2v) is 6.44. The van der Waals surface area contributed by atoms with Crippen molar-refractivity contribution in [3.8, 4) is 0 Å². The van der Waals surface area contributed by atoms with Gasteiger partial charge < -0.3 is 15.5 Å². The third kappa shape index (κ3) is 4.43. The summed E-state index contributed by atoms with van der Waals surface area (Å²) >= 11 is 0. The molecular weight excluding hydrogens is 266 g/mol. The largest absolute Gasteiger partial charge is 0.344 e. The summed E-state index contributed by atoms with van der Waals surface area (Å²) in [6.45, 7) is 6.26. The van der Waals surface area contributed by atoms with Crippen LogP contribution in [0.25, 0.3) is 0 Å². The number of hydrogen-bond acceptors (Lipinski definition) is 3. The van der Waals surface area contributed by atoms with Gasteiger partial charge >= 0.3 is 0 Å². The van der Waals surface area contributed by atoms with E-state index in [2.05, 4.69) is 17.6 Å². The van der Waals surface area contributed by atoms with Gasteiger partial charge in [-0.3, -0.25) is 9.59 Å². The number of nitrogens with one attached hydrogen (secondary N) is 2. The van der Waals surface area contributed by atoms with Crippen molar-refractivity contribution in [1.29, 1.82) is 0 Å². The van der Waals surface area contributed by atoms with Gasteiger partial charge in [0.1, 0.15) is 6.04 Å². The summed E-state index contributed by atoms with van der Waals surface area (Å²) in [6.07, 6.45) is 6.16. The monoisotopic (exact) mass is 295 g/mol. The van der Waals surface area contributed by atoms with Gasteiger partial charge in [0, 0.05) is 32.1 Å². The number of hydrogen-bond donors (Lipinski definition) is 2. The normalized spacial score (nSPS) is 25.4. The van der Waals surface area contributed by atoms with Crippen LogP contribution in [0.15, 0.2) is 0 Å². The van der Waals surface area contributed by atoms with Gasteiger partial charge in [0.2, 0.25) is 11.8 Å². The van der Waals surface area contributed by atoms with Crippen molar-refractivity contribution in [2.45, 2.75) is 64.5 Å². The Morgan fingerprint density at radius 1 is 1.29 bits per heavy atom. The molecule has 1 saturated heterocycles. The third-order valence-corrected chi connectivity index (χ3v) is 4.71. The molecule has 2 atom stereocenters. The first kappa shape index (κ1) is 16.3. The minimum Gasteiger partial charge on any atom is -0.344 e. The van der Waals surface area contributed by atoms with E-state index in [4.69, 9.17) is 0 Å². The number of rotatable bonds is 4. The molecule has 2 amide bonds. The second kappa shape index (κ2) is 7.78. The van der Waals surface area contributed by atoms with Crippen LogP contribution < -0.4 is 10.6 Å². The number of nitrogens with zero attached hydrogens (tertiary/aromatic N) is 1. The lowest BCUT2D eigenvalue weighted by atomic mass is 9.83. The van der Waals surface area contributed by atoms with Gasteiger partial charge in [-0.2, -0.15) is 0 Å². The predicted octanol–water partition coefficient (Wildman–Crippen LogP) is 1.28. The number of piperazine rings is 1. The fraction of sp³-hybridized carbons (Fsp3) is 0.875. The topological polar surface area (TPSA) is 61.4 Å². The number of carbonyl (C=O) groups is 2. The SMILES string of the molecule is CCC(=O)N[C@H](C(=O)N1CCN[C@@H](C)C1)C1CCCCC1. The Kier molecular flexibility index (Phi) is 6.03. The molecule has 120 valence electrons. The van der Waals surface area contributed by atoms with Crippen LogP contribution in [0, 0.1) is 5.92 Å². The molecule has 1 aliphatic carbocycles. The van der Waals surface area contributed by atoms with Crippen LogP contribution >= 0.6 is 0 Å². The van der Waals surface area contributed by atoms with Crippen LogP contribution in [-0.2, 0) is 9.59 Å². The fourth-order valence-corrected chi connectivity index (χ4v) is 3.45. The van der Waals surface area contributed by atoms with E-state index in [1.807, 2.05) is 11.8 Å². The molecular formula is C16H29N3O2. The molecule has 2 rings (SSSR count). The molecule has 5 nitrogen and oxygen atoms in total. The van der Waals surface area contributed by atoms with Gasteiger partial charge in [0.05, 0.1) is 0 Å². The molecule has 0 spiro atoms. The van der Waals surface area contributed by atoms with E-state index in [0.717, 1.165) is 32.5 Å². The highest BCUT2D eigenvalue weighted by Crippen LogP contribution is 2.27. The van der Waals surface area contributed by atoms with Crippen LogP contribution in [0.1, 0.15) is 52.4 Å². The molecule has 2 N–H and O–H groups in total. The summed E-state index contributed by atoms with van der Waals surface area (Å²) in [5.41, 5.74) is 0. The predicted molar refractivity (Wildman–Crippen MR) is 82.8 cm³/mol. The minimum absolute atomic E-state index is 0.0119. The Balaban J connectivity index is 2.05. The minimum atomic E-state index is -0.317. The first-order valence-electron chi connectivity index (χ1n) is 8.43.